The zero-order valence-electron chi connectivity index (χ0n) is 15.5. The molecule has 0 heterocycles. The van der Waals surface area contributed by atoms with Crippen molar-refractivity contribution < 1.29 is 8.42 Å². The minimum atomic E-state index is -3.39. The van der Waals surface area contributed by atoms with Gasteiger partial charge in [-0.25, -0.2) is 8.42 Å². The molecule has 0 aliphatic heterocycles. The Labute approximate surface area is 151 Å². The predicted octanol–water partition coefficient (Wildman–Crippen LogP) is 3.88. The summed E-state index contributed by atoms with van der Waals surface area (Å²) in [5.74, 6) is 0. The van der Waals surface area contributed by atoms with Crippen LogP contribution < -0.4 is 5.32 Å². The van der Waals surface area contributed by atoms with Gasteiger partial charge in [0.05, 0.1) is 4.90 Å². The average Bonchev–Trinajstić information content (AvgIpc) is 2.60. The van der Waals surface area contributed by atoms with Crippen molar-refractivity contribution in [1.82, 2.24) is 9.62 Å². The smallest absolute Gasteiger partial charge is 0.243 e. The summed E-state index contributed by atoms with van der Waals surface area (Å²) in [6.45, 7) is 9.62. The van der Waals surface area contributed by atoms with Crippen molar-refractivity contribution in [2.45, 2.75) is 45.2 Å². The summed E-state index contributed by atoms with van der Waals surface area (Å²) in [6, 6.07) is 15.7. The molecule has 0 amide bonds. The predicted molar refractivity (Wildman–Crippen MR) is 103 cm³/mol. The van der Waals surface area contributed by atoms with Crippen molar-refractivity contribution in [1.29, 1.82) is 0 Å². The highest BCUT2D eigenvalue weighted by molar-refractivity contribution is 7.89. The quantitative estimate of drug-likeness (QED) is 0.777. The molecule has 5 heteroatoms. The maximum Gasteiger partial charge on any atom is 0.243 e. The van der Waals surface area contributed by atoms with E-state index in [4.69, 9.17) is 0 Å². The van der Waals surface area contributed by atoms with Crippen LogP contribution in [0.15, 0.2) is 53.4 Å². The van der Waals surface area contributed by atoms with Crippen LogP contribution in [0, 0.1) is 6.92 Å². The molecule has 25 heavy (non-hydrogen) atoms. The molecule has 0 aliphatic rings. The van der Waals surface area contributed by atoms with Crippen LogP contribution in [0.2, 0.25) is 0 Å². The molecule has 0 spiro atoms. The normalized spacial score (nSPS) is 13.2. The fourth-order valence-electron chi connectivity index (χ4n) is 2.85. The maximum absolute atomic E-state index is 12.5. The van der Waals surface area contributed by atoms with E-state index in [1.165, 1.54) is 15.4 Å². The van der Waals surface area contributed by atoms with Crippen LogP contribution in [0.1, 0.15) is 43.5 Å². The molecule has 0 aliphatic carbocycles. The molecule has 0 saturated heterocycles. The van der Waals surface area contributed by atoms with Crippen molar-refractivity contribution in [2.75, 3.05) is 13.1 Å². The third kappa shape index (κ3) is 4.91. The highest BCUT2D eigenvalue weighted by Gasteiger charge is 2.21. The molecule has 0 aromatic heterocycles. The first-order valence-electron chi connectivity index (χ1n) is 8.77. The van der Waals surface area contributed by atoms with Gasteiger partial charge >= 0.3 is 0 Å². The summed E-state index contributed by atoms with van der Waals surface area (Å²) in [5.41, 5.74) is 3.57. The number of hydrogen-bond acceptors (Lipinski definition) is 3. The number of rotatable bonds is 8. The summed E-state index contributed by atoms with van der Waals surface area (Å²) in [7, 11) is -3.39. The van der Waals surface area contributed by atoms with E-state index in [1.807, 2.05) is 26.0 Å². The molecule has 2 aromatic carbocycles. The van der Waals surface area contributed by atoms with Gasteiger partial charge in [0.1, 0.15) is 0 Å². The lowest BCUT2D eigenvalue weighted by molar-refractivity contribution is 0.445. The van der Waals surface area contributed by atoms with Gasteiger partial charge < -0.3 is 5.32 Å². The van der Waals surface area contributed by atoms with Crippen molar-refractivity contribution in [2.24, 2.45) is 0 Å². The van der Waals surface area contributed by atoms with E-state index >= 15 is 0 Å². The Morgan fingerprint density at radius 1 is 1.04 bits per heavy atom. The van der Waals surface area contributed by atoms with Gasteiger partial charge in [-0.1, -0.05) is 55.8 Å². The van der Waals surface area contributed by atoms with Gasteiger partial charge in [-0.05, 0) is 37.1 Å². The Bertz CT molecular complexity index is 782. The molecule has 2 rings (SSSR count). The van der Waals surface area contributed by atoms with Crippen molar-refractivity contribution in [3.05, 3.63) is 65.2 Å². The van der Waals surface area contributed by atoms with Crippen LogP contribution >= 0.6 is 0 Å². The van der Waals surface area contributed by atoms with E-state index in [1.54, 1.807) is 12.1 Å². The molecule has 0 fully saturated rings. The monoisotopic (exact) mass is 360 g/mol. The van der Waals surface area contributed by atoms with Gasteiger partial charge in [-0.15, -0.1) is 0 Å². The largest absolute Gasteiger partial charge is 0.306 e. The maximum atomic E-state index is 12.5. The molecule has 0 saturated carbocycles. The van der Waals surface area contributed by atoms with Crippen molar-refractivity contribution in [3.63, 3.8) is 0 Å². The molecule has 0 unspecified atom stereocenters. The number of nitrogens with zero attached hydrogens (tertiary/aromatic N) is 1. The Morgan fingerprint density at radius 2 is 1.68 bits per heavy atom. The number of aryl methyl sites for hydroxylation is 1. The van der Waals surface area contributed by atoms with Gasteiger partial charge in [0.15, 0.2) is 0 Å². The summed E-state index contributed by atoms with van der Waals surface area (Å²) >= 11 is 0. The first kappa shape index (κ1) is 19.6. The topological polar surface area (TPSA) is 49.4 Å². The lowest BCUT2D eigenvalue weighted by Gasteiger charge is -2.19. The average molecular weight is 361 g/mol. The van der Waals surface area contributed by atoms with Gasteiger partial charge in [0, 0.05) is 25.7 Å². The molecule has 136 valence electrons. The van der Waals surface area contributed by atoms with Gasteiger partial charge in [0.25, 0.3) is 0 Å². The van der Waals surface area contributed by atoms with Crippen molar-refractivity contribution >= 4 is 10.0 Å². The molecule has 4 nitrogen and oxygen atoms in total. The second-order valence-corrected chi connectivity index (χ2v) is 8.19. The van der Waals surface area contributed by atoms with E-state index in [0.717, 1.165) is 12.1 Å². The van der Waals surface area contributed by atoms with Gasteiger partial charge in [-0.2, -0.15) is 4.31 Å². The van der Waals surface area contributed by atoms with Crippen LogP contribution in [0.5, 0.6) is 0 Å². The fraction of sp³-hybridized carbons (Fsp3) is 0.400. The molecule has 2 aromatic rings. The third-order valence-electron chi connectivity index (χ3n) is 4.42. The van der Waals surface area contributed by atoms with E-state index < -0.39 is 10.0 Å². The minimum absolute atomic E-state index is 0.144. The number of sulfonamides is 1. The Morgan fingerprint density at radius 3 is 2.24 bits per heavy atom. The first-order valence-corrected chi connectivity index (χ1v) is 10.2. The third-order valence-corrected chi connectivity index (χ3v) is 6.48. The van der Waals surface area contributed by atoms with Crippen molar-refractivity contribution in [3.8, 4) is 0 Å². The fourth-order valence-corrected chi connectivity index (χ4v) is 4.31. The Hall–Kier alpha value is -1.69. The highest BCUT2D eigenvalue weighted by atomic mass is 32.2. The Kier molecular flexibility index (Phi) is 6.76. The second kappa shape index (κ2) is 8.61. The minimum Gasteiger partial charge on any atom is -0.306 e. The van der Waals surface area contributed by atoms with Crippen LogP contribution in [0.25, 0.3) is 0 Å². The molecular formula is C20H28N2O2S. The zero-order valence-corrected chi connectivity index (χ0v) is 16.3. The number of benzene rings is 2. The standard InChI is InChI=1S/C20H28N2O2S/c1-5-22(6-2)25(23,24)20-12-10-19(11-13-20)17(4)21-15-18-9-7-8-16(3)14-18/h7-14,17,21H,5-6,15H2,1-4H3/t17-/m0/s1. The SMILES string of the molecule is CCN(CC)S(=O)(=O)c1ccc([C@H](C)NCc2cccc(C)c2)cc1. The number of hydrogen-bond donors (Lipinski definition) is 1. The highest BCUT2D eigenvalue weighted by Crippen LogP contribution is 2.19. The van der Waals surface area contributed by atoms with E-state index in [9.17, 15) is 8.42 Å². The van der Waals surface area contributed by atoms with Crippen LogP contribution in [-0.2, 0) is 16.6 Å². The molecule has 0 bridgehead atoms. The van der Waals surface area contributed by atoms with E-state index in [-0.39, 0.29) is 6.04 Å². The number of nitrogens with one attached hydrogen (secondary N) is 1. The summed E-state index contributed by atoms with van der Waals surface area (Å²) in [5, 5.41) is 3.49. The van der Waals surface area contributed by atoms with E-state index in [2.05, 4.69) is 43.4 Å². The van der Waals surface area contributed by atoms with Crippen LogP contribution in [0.3, 0.4) is 0 Å². The molecule has 0 radical (unpaired) electrons. The summed E-state index contributed by atoms with van der Waals surface area (Å²) in [4.78, 5) is 0.353. The molecule has 1 N–H and O–H groups in total. The summed E-state index contributed by atoms with van der Waals surface area (Å²) in [6.07, 6.45) is 0. The van der Waals surface area contributed by atoms with Crippen LogP contribution in [-0.4, -0.2) is 25.8 Å². The lowest BCUT2D eigenvalue weighted by Crippen LogP contribution is -2.30. The Balaban J connectivity index is 2.06. The first-order chi connectivity index (χ1) is 11.9. The molecular weight excluding hydrogens is 332 g/mol. The lowest BCUT2D eigenvalue weighted by atomic mass is 10.1. The molecule has 1 atom stereocenters. The van der Waals surface area contributed by atoms with E-state index in [0.29, 0.717) is 18.0 Å². The van der Waals surface area contributed by atoms with Gasteiger partial charge in [0.2, 0.25) is 10.0 Å². The summed E-state index contributed by atoms with van der Waals surface area (Å²) < 4.78 is 26.5. The van der Waals surface area contributed by atoms with Crippen LogP contribution in [0.4, 0.5) is 0 Å². The second-order valence-electron chi connectivity index (χ2n) is 6.25. The van der Waals surface area contributed by atoms with Gasteiger partial charge in [-0.3, -0.25) is 0 Å². The zero-order chi connectivity index (χ0) is 18.4.